The zero-order valence-electron chi connectivity index (χ0n) is 17.8. The van der Waals surface area contributed by atoms with E-state index in [-0.39, 0.29) is 5.91 Å². The molecule has 1 fully saturated rings. The highest BCUT2D eigenvalue weighted by molar-refractivity contribution is 6.04. The fourth-order valence-corrected chi connectivity index (χ4v) is 3.79. The Bertz CT molecular complexity index is 1250. The van der Waals surface area contributed by atoms with Crippen LogP contribution in [0.5, 0.6) is 0 Å². The van der Waals surface area contributed by atoms with Crippen molar-refractivity contribution in [1.82, 2.24) is 25.1 Å². The first-order chi connectivity index (χ1) is 15.7. The maximum atomic E-state index is 12.9. The number of piperazine rings is 1. The quantitative estimate of drug-likeness (QED) is 0.538. The standard InChI is InChI=1S/C24H23N7O/c1-30-10-12-31(13-11-30)23-16-19(6-9-26-23)24(32)27-22-15-20-14-18(2-3-21(20)28-29-22)17-4-7-25-8-5-17/h2-9,14-16H,10-13H2,1H3,(H,27,29,32). The number of aromatic nitrogens is 4. The normalized spacial score (nSPS) is 14.5. The summed E-state index contributed by atoms with van der Waals surface area (Å²) in [5.74, 6) is 0.992. The molecule has 0 atom stereocenters. The predicted molar refractivity (Wildman–Crippen MR) is 125 cm³/mol. The molecule has 32 heavy (non-hydrogen) atoms. The largest absolute Gasteiger partial charge is 0.354 e. The minimum Gasteiger partial charge on any atom is -0.354 e. The maximum Gasteiger partial charge on any atom is 0.257 e. The Balaban J connectivity index is 1.36. The van der Waals surface area contributed by atoms with Gasteiger partial charge in [0.1, 0.15) is 5.82 Å². The van der Waals surface area contributed by atoms with Gasteiger partial charge in [-0.1, -0.05) is 6.07 Å². The van der Waals surface area contributed by atoms with E-state index < -0.39 is 0 Å². The first-order valence-electron chi connectivity index (χ1n) is 10.5. The highest BCUT2D eigenvalue weighted by Crippen LogP contribution is 2.24. The van der Waals surface area contributed by atoms with E-state index in [1.807, 2.05) is 42.5 Å². The van der Waals surface area contributed by atoms with E-state index in [1.165, 1.54) is 0 Å². The second-order valence-corrected chi connectivity index (χ2v) is 7.89. The third-order valence-electron chi connectivity index (χ3n) is 5.68. The van der Waals surface area contributed by atoms with E-state index in [0.717, 1.165) is 54.0 Å². The summed E-state index contributed by atoms with van der Waals surface area (Å²) in [6.07, 6.45) is 5.21. The molecule has 5 rings (SSSR count). The van der Waals surface area contributed by atoms with Crippen molar-refractivity contribution in [2.24, 2.45) is 0 Å². The molecule has 0 aliphatic carbocycles. The van der Waals surface area contributed by atoms with Crippen molar-refractivity contribution in [2.45, 2.75) is 0 Å². The number of fused-ring (bicyclic) bond motifs is 1. The van der Waals surface area contributed by atoms with Crippen LogP contribution in [0.2, 0.25) is 0 Å². The zero-order chi connectivity index (χ0) is 21.9. The second-order valence-electron chi connectivity index (χ2n) is 7.89. The summed E-state index contributed by atoms with van der Waals surface area (Å²) >= 11 is 0. The lowest BCUT2D eigenvalue weighted by Crippen LogP contribution is -2.44. The summed E-state index contributed by atoms with van der Waals surface area (Å²) in [7, 11) is 2.11. The van der Waals surface area contributed by atoms with E-state index in [9.17, 15) is 4.79 Å². The monoisotopic (exact) mass is 425 g/mol. The van der Waals surface area contributed by atoms with Gasteiger partial charge in [0, 0.05) is 55.7 Å². The summed E-state index contributed by atoms with van der Waals surface area (Å²) < 4.78 is 0. The molecule has 0 radical (unpaired) electrons. The number of nitrogens with zero attached hydrogens (tertiary/aromatic N) is 6. The zero-order valence-corrected chi connectivity index (χ0v) is 17.8. The van der Waals surface area contributed by atoms with Gasteiger partial charge in [-0.25, -0.2) is 4.98 Å². The number of carbonyl (C=O) groups is 1. The topological polar surface area (TPSA) is 87.1 Å². The Morgan fingerprint density at radius 3 is 2.50 bits per heavy atom. The number of likely N-dealkylation sites (N-methyl/N-ethyl adjacent to an activating group) is 1. The summed E-state index contributed by atoms with van der Waals surface area (Å²) in [5.41, 5.74) is 3.43. The number of hydrogen-bond acceptors (Lipinski definition) is 7. The first-order valence-corrected chi connectivity index (χ1v) is 10.5. The van der Waals surface area contributed by atoms with E-state index in [2.05, 4.69) is 42.3 Å². The van der Waals surface area contributed by atoms with Crippen molar-refractivity contribution >= 4 is 28.4 Å². The molecule has 0 unspecified atom stereocenters. The van der Waals surface area contributed by atoms with Crippen LogP contribution in [-0.2, 0) is 0 Å². The fraction of sp³-hybridized carbons (Fsp3) is 0.208. The van der Waals surface area contributed by atoms with Crippen molar-refractivity contribution in [3.8, 4) is 11.1 Å². The van der Waals surface area contributed by atoms with Crippen molar-refractivity contribution < 1.29 is 4.79 Å². The SMILES string of the molecule is CN1CCN(c2cc(C(=O)Nc3cc4cc(-c5ccncc5)ccc4nn3)ccn2)CC1. The molecule has 3 aromatic heterocycles. The van der Waals surface area contributed by atoms with Gasteiger partial charge in [0.25, 0.3) is 5.91 Å². The molecular weight excluding hydrogens is 402 g/mol. The van der Waals surface area contributed by atoms with Crippen LogP contribution in [0.3, 0.4) is 0 Å². The number of rotatable bonds is 4. The molecule has 1 N–H and O–H groups in total. The molecule has 1 amide bonds. The van der Waals surface area contributed by atoms with Crippen LogP contribution in [0.25, 0.3) is 22.0 Å². The van der Waals surface area contributed by atoms with Gasteiger partial charge in [0.15, 0.2) is 5.82 Å². The molecule has 160 valence electrons. The summed E-state index contributed by atoms with van der Waals surface area (Å²) in [6, 6.07) is 15.3. The number of pyridine rings is 2. The van der Waals surface area contributed by atoms with Gasteiger partial charge in [0.2, 0.25) is 0 Å². The Labute approximate surface area is 185 Å². The van der Waals surface area contributed by atoms with Crippen molar-refractivity contribution in [1.29, 1.82) is 0 Å². The molecule has 4 heterocycles. The summed E-state index contributed by atoms with van der Waals surface area (Å²) in [5, 5.41) is 12.2. The third kappa shape index (κ3) is 4.26. The van der Waals surface area contributed by atoms with Gasteiger partial charge in [-0.2, -0.15) is 0 Å². The minimum absolute atomic E-state index is 0.235. The van der Waals surface area contributed by atoms with Gasteiger partial charge in [-0.15, -0.1) is 10.2 Å². The van der Waals surface area contributed by atoms with Gasteiger partial charge < -0.3 is 15.1 Å². The van der Waals surface area contributed by atoms with Crippen molar-refractivity contribution in [3.05, 3.63) is 72.7 Å². The number of hydrogen-bond donors (Lipinski definition) is 1. The van der Waals surface area contributed by atoms with Crippen LogP contribution in [-0.4, -0.2) is 64.2 Å². The number of benzene rings is 1. The summed E-state index contributed by atoms with van der Waals surface area (Å²) in [4.78, 5) is 25.9. The predicted octanol–water partition coefficient (Wildman–Crippen LogP) is 3.09. The van der Waals surface area contributed by atoms with E-state index in [1.54, 1.807) is 24.7 Å². The highest BCUT2D eigenvalue weighted by atomic mass is 16.1. The summed E-state index contributed by atoms with van der Waals surface area (Å²) in [6.45, 7) is 3.74. The molecule has 4 aromatic rings. The molecule has 1 aromatic carbocycles. The molecule has 0 bridgehead atoms. The maximum absolute atomic E-state index is 12.9. The van der Waals surface area contributed by atoms with E-state index in [0.29, 0.717) is 11.4 Å². The highest BCUT2D eigenvalue weighted by Gasteiger charge is 2.17. The average molecular weight is 425 g/mol. The Morgan fingerprint density at radius 2 is 1.69 bits per heavy atom. The van der Waals surface area contributed by atoms with Crippen LogP contribution in [0.4, 0.5) is 11.6 Å². The Kier molecular flexibility index (Phi) is 5.43. The Hall–Kier alpha value is -3.91. The number of anilines is 2. The van der Waals surface area contributed by atoms with Gasteiger partial charge in [0.05, 0.1) is 5.52 Å². The van der Waals surface area contributed by atoms with Gasteiger partial charge in [-0.3, -0.25) is 9.78 Å². The van der Waals surface area contributed by atoms with Crippen LogP contribution < -0.4 is 10.2 Å². The molecule has 1 saturated heterocycles. The minimum atomic E-state index is -0.235. The molecule has 0 saturated carbocycles. The smallest absolute Gasteiger partial charge is 0.257 e. The van der Waals surface area contributed by atoms with E-state index >= 15 is 0 Å². The fourth-order valence-electron chi connectivity index (χ4n) is 3.79. The van der Waals surface area contributed by atoms with Crippen LogP contribution in [0.15, 0.2) is 67.1 Å². The first kappa shape index (κ1) is 20.0. The number of amides is 1. The van der Waals surface area contributed by atoms with E-state index in [4.69, 9.17) is 0 Å². The van der Waals surface area contributed by atoms with Crippen LogP contribution in [0.1, 0.15) is 10.4 Å². The Morgan fingerprint density at radius 1 is 0.875 bits per heavy atom. The average Bonchev–Trinajstić information content (AvgIpc) is 2.84. The van der Waals surface area contributed by atoms with Crippen molar-refractivity contribution in [3.63, 3.8) is 0 Å². The molecular formula is C24H23N7O. The van der Waals surface area contributed by atoms with Gasteiger partial charge in [-0.05, 0) is 60.6 Å². The third-order valence-corrected chi connectivity index (χ3v) is 5.68. The van der Waals surface area contributed by atoms with Crippen molar-refractivity contribution in [2.75, 3.05) is 43.4 Å². The van der Waals surface area contributed by atoms with Crippen LogP contribution >= 0.6 is 0 Å². The number of nitrogens with one attached hydrogen (secondary N) is 1. The van der Waals surface area contributed by atoms with Gasteiger partial charge >= 0.3 is 0 Å². The lowest BCUT2D eigenvalue weighted by Gasteiger charge is -2.33. The lowest BCUT2D eigenvalue weighted by molar-refractivity contribution is 0.102. The molecule has 8 heteroatoms. The molecule has 0 spiro atoms. The van der Waals surface area contributed by atoms with Crippen LogP contribution in [0, 0.1) is 0 Å². The second kappa shape index (κ2) is 8.68. The molecule has 8 nitrogen and oxygen atoms in total. The molecule has 1 aliphatic heterocycles. The number of carbonyl (C=O) groups excluding carboxylic acids is 1. The lowest BCUT2D eigenvalue weighted by atomic mass is 10.0. The molecule has 1 aliphatic rings.